The number of fused-ring (bicyclic) bond motifs is 1. The summed E-state index contributed by atoms with van der Waals surface area (Å²) in [7, 11) is 1.81. The zero-order chi connectivity index (χ0) is 22.1. The number of likely N-dealkylation sites (tertiary alicyclic amines) is 1. The van der Waals surface area contributed by atoms with Crippen LogP contribution in [0, 0.1) is 0 Å². The van der Waals surface area contributed by atoms with Gasteiger partial charge in [0.25, 0.3) is 0 Å². The van der Waals surface area contributed by atoms with Gasteiger partial charge in [-0.05, 0) is 31.6 Å². The number of carbonyl (C=O) groups is 1. The van der Waals surface area contributed by atoms with E-state index in [0.717, 1.165) is 55.0 Å². The number of ether oxygens (including phenoxy) is 2. The lowest BCUT2D eigenvalue weighted by Crippen LogP contribution is -2.26. The molecule has 2 N–H and O–H groups in total. The molecule has 2 aliphatic heterocycles. The van der Waals surface area contributed by atoms with Crippen LogP contribution in [0.4, 0.5) is 5.95 Å². The molecule has 0 radical (unpaired) electrons. The summed E-state index contributed by atoms with van der Waals surface area (Å²) >= 11 is 0. The van der Waals surface area contributed by atoms with E-state index in [4.69, 9.17) is 14.5 Å². The first-order valence-electron chi connectivity index (χ1n) is 11.7. The second-order valence-electron chi connectivity index (χ2n) is 9.23. The molecule has 0 bridgehead atoms. The summed E-state index contributed by atoms with van der Waals surface area (Å²) in [6.07, 6.45) is 9.07. The van der Waals surface area contributed by atoms with Gasteiger partial charge in [-0.2, -0.15) is 0 Å². The van der Waals surface area contributed by atoms with E-state index >= 15 is 0 Å². The van der Waals surface area contributed by atoms with Gasteiger partial charge in [-0.15, -0.1) is 0 Å². The number of nitrogens with zero attached hydrogens (tertiary/aromatic N) is 4. The number of aliphatic hydroxyl groups is 1. The Morgan fingerprint density at radius 2 is 1.91 bits per heavy atom. The maximum atomic E-state index is 11.9. The molecule has 3 aliphatic rings. The highest BCUT2D eigenvalue weighted by Crippen LogP contribution is 2.38. The number of hydrogen-bond donors (Lipinski definition) is 2. The van der Waals surface area contributed by atoms with Crippen molar-refractivity contribution in [1.29, 1.82) is 0 Å². The van der Waals surface area contributed by atoms with Crippen LogP contribution in [0.25, 0.3) is 10.9 Å². The summed E-state index contributed by atoms with van der Waals surface area (Å²) in [6.45, 7) is 2.04. The fourth-order valence-electron chi connectivity index (χ4n) is 4.96. The van der Waals surface area contributed by atoms with Gasteiger partial charge in [-0.1, -0.05) is 0 Å². The van der Waals surface area contributed by atoms with Gasteiger partial charge in [-0.25, -0.2) is 15.0 Å². The second kappa shape index (κ2) is 9.15. The number of rotatable bonds is 5. The Hall–Kier alpha value is -2.52. The van der Waals surface area contributed by atoms with E-state index in [9.17, 15) is 9.90 Å². The first-order valence-corrected chi connectivity index (χ1v) is 11.7. The minimum atomic E-state index is -0.217. The van der Waals surface area contributed by atoms with Crippen molar-refractivity contribution < 1.29 is 19.4 Å². The van der Waals surface area contributed by atoms with E-state index in [2.05, 4.69) is 15.3 Å². The molecule has 1 unspecified atom stereocenters. The van der Waals surface area contributed by atoms with E-state index in [1.54, 1.807) is 11.1 Å². The topological polar surface area (TPSA) is 110 Å². The van der Waals surface area contributed by atoms with Crippen molar-refractivity contribution in [2.75, 3.05) is 32.1 Å². The Morgan fingerprint density at radius 3 is 2.62 bits per heavy atom. The van der Waals surface area contributed by atoms with Crippen LogP contribution >= 0.6 is 0 Å². The summed E-state index contributed by atoms with van der Waals surface area (Å²) in [6, 6.07) is -0.00183. The maximum absolute atomic E-state index is 11.9. The van der Waals surface area contributed by atoms with Crippen LogP contribution in [0.15, 0.2) is 12.4 Å². The third-order valence-corrected chi connectivity index (χ3v) is 6.87. The Bertz CT molecular complexity index is 972. The fourth-order valence-corrected chi connectivity index (χ4v) is 4.96. The Labute approximate surface area is 187 Å². The molecule has 1 atom stereocenters. The van der Waals surface area contributed by atoms with E-state index < -0.39 is 0 Å². The number of pyridine rings is 1. The minimum Gasteiger partial charge on any atom is -0.474 e. The normalized spacial score (nSPS) is 27.1. The summed E-state index contributed by atoms with van der Waals surface area (Å²) in [5.74, 6) is 1.51. The predicted molar refractivity (Wildman–Crippen MR) is 119 cm³/mol. The van der Waals surface area contributed by atoms with Gasteiger partial charge >= 0.3 is 0 Å². The Kier molecular flexibility index (Phi) is 6.10. The molecule has 2 aromatic rings. The first-order chi connectivity index (χ1) is 15.6. The molecule has 2 saturated heterocycles. The molecule has 0 aromatic carbocycles. The zero-order valence-electron chi connectivity index (χ0n) is 18.5. The lowest BCUT2D eigenvalue weighted by Gasteiger charge is -2.27. The standard InChI is InChI=1S/C23H31N5O4/c1-28-13-15(10-20(28)30)26-23-25-12-19-21(27-23)18(14-2-4-16(29)5-3-14)11-24-22(19)32-17-6-8-31-9-7-17/h11-12,14-17,29H,2-10,13H2,1H3,(H,25,26,27). The van der Waals surface area contributed by atoms with Crippen molar-refractivity contribution in [3.8, 4) is 5.88 Å². The second-order valence-corrected chi connectivity index (χ2v) is 9.23. The van der Waals surface area contributed by atoms with Crippen LogP contribution in [0.5, 0.6) is 5.88 Å². The highest BCUT2D eigenvalue weighted by atomic mass is 16.5. The van der Waals surface area contributed by atoms with Crippen LogP contribution in [-0.2, 0) is 9.53 Å². The van der Waals surface area contributed by atoms with Crippen LogP contribution < -0.4 is 10.1 Å². The monoisotopic (exact) mass is 441 g/mol. The number of hydrogen-bond acceptors (Lipinski definition) is 8. The summed E-state index contributed by atoms with van der Waals surface area (Å²) in [5, 5.41) is 14.1. The van der Waals surface area contributed by atoms with Crippen LogP contribution in [-0.4, -0.2) is 75.9 Å². The van der Waals surface area contributed by atoms with Gasteiger partial charge in [0.15, 0.2) is 0 Å². The number of nitrogens with one attached hydrogen (secondary N) is 1. The first kappa shape index (κ1) is 21.3. The lowest BCUT2D eigenvalue weighted by molar-refractivity contribution is -0.126. The Morgan fingerprint density at radius 1 is 1.12 bits per heavy atom. The van der Waals surface area contributed by atoms with E-state index in [-0.39, 0.29) is 24.2 Å². The van der Waals surface area contributed by atoms with Crippen molar-refractivity contribution in [1.82, 2.24) is 19.9 Å². The van der Waals surface area contributed by atoms with Gasteiger partial charge in [-0.3, -0.25) is 4.79 Å². The van der Waals surface area contributed by atoms with Crippen molar-refractivity contribution in [3.63, 3.8) is 0 Å². The molecule has 0 spiro atoms. The van der Waals surface area contributed by atoms with Crippen molar-refractivity contribution in [2.45, 2.75) is 69.1 Å². The largest absolute Gasteiger partial charge is 0.474 e. The third kappa shape index (κ3) is 4.49. The molecule has 2 aromatic heterocycles. The molecule has 5 rings (SSSR count). The number of aromatic nitrogens is 3. The molecule has 1 saturated carbocycles. The predicted octanol–water partition coefficient (Wildman–Crippen LogP) is 2.24. The molecule has 1 amide bonds. The molecule has 1 aliphatic carbocycles. The molecular formula is C23H31N5O4. The van der Waals surface area contributed by atoms with Crippen LogP contribution in [0.2, 0.25) is 0 Å². The average Bonchev–Trinajstić information content (AvgIpc) is 3.12. The molecular weight excluding hydrogens is 410 g/mol. The lowest BCUT2D eigenvalue weighted by atomic mass is 9.83. The molecule has 172 valence electrons. The fraction of sp³-hybridized carbons (Fsp3) is 0.652. The van der Waals surface area contributed by atoms with Gasteiger partial charge in [0, 0.05) is 50.8 Å². The quantitative estimate of drug-likeness (QED) is 0.727. The van der Waals surface area contributed by atoms with Crippen molar-refractivity contribution in [2.24, 2.45) is 0 Å². The van der Waals surface area contributed by atoms with Crippen LogP contribution in [0.3, 0.4) is 0 Å². The SMILES string of the molecule is CN1CC(Nc2ncc3c(OC4CCOCC4)ncc(C4CCC(O)CC4)c3n2)CC1=O. The third-order valence-electron chi connectivity index (χ3n) is 6.87. The van der Waals surface area contributed by atoms with E-state index in [1.165, 1.54) is 0 Å². The molecule has 9 nitrogen and oxygen atoms in total. The van der Waals surface area contributed by atoms with E-state index in [1.807, 2.05) is 13.2 Å². The highest BCUT2D eigenvalue weighted by molar-refractivity contribution is 5.87. The molecule has 4 heterocycles. The molecule has 9 heteroatoms. The minimum absolute atomic E-state index is 0.00183. The number of carbonyl (C=O) groups excluding carboxylic acids is 1. The number of aliphatic hydroxyl groups excluding tert-OH is 1. The van der Waals surface area contributed by atoms with E-state index in [0.29, 0.717) is 43.9 Å². The molecule has 3 fully saturated rings. The Balaban J connectivity index is 1.46. The highest BCUT2D eigenvalue weighted by Gasteiger charge is 2.29. The summed E-state index contributed by atoms with van der Waals surface area (Å²) in [5.41, 5.74) is 1.93. The van der Waals surface area contributed by atoms with Gasteiger partial charge < -0.3 is 24.8 Å². The smallest absolute Gasteiger partial charge is 0.224 e. The van der Waals surface area contributed by atoms with Gasteiger partial charge in [0.2, 0.25) is 17.7 Å². The number of anilines is 1. The maximum Gasteiger partial charge on any atom is 0.224 e. The molecule has 32 heavy (non-hydrogen) atoms. The van der Waals surface area contributed by atoms with Gasteiger partial charge in [0.05, 0.1) is 36.3 Å². The number of amides is 1. The number of likely N-dealkylation sites (N-methyl/N-ethyl adjacent to an activating group) is 1. The van der Waals surface area contributed by atoms with Gasteiger partial charge in [0.1, 0.15) is 6.10 Å². The van der Waals surface area contributed by atoms with Crippen molar-refractivity contribution in [3.05, 3.63) is 18.0 Å². The zero-order valence-corrected chi connectivity index (χ0v) is 18.5. The average molecular weight is 442 g/mol. The van der Waals surface area contributed by atoms with Crippen molar-refractivity contribution >= 4 is 22.8 Å². The van der Waals surface area contributed by atoms with Crippen LogP contribution in [0.1, 0.15) is 56.4 Å². The summed E-state index contributed by atoms with van der Waals surface area (Å²) in [4.78, 5) is 27.7. The summed E-state index contributed by atoms with van der Waals surface area (Å²) < 4.78 is 11.7.